The first kappa shape index (κ1) is 10.2. The fourth-order valence-corrected chi connectivity index (χ4v) is 0.910. The number of hydrogen-bond donors (Lipinski definition) is 0. The van der Waals surface area contributed by atoms with Crippen LogP contribution in [0.15, 0.2) is 24.5 Å². The number of carbonyl (C=O) groups excluding carboxylic acids is 1. The Labute approximate surface area is 85.3 Å². The van der Waals surface area contributed by atoms with Gasteiger partial charge in [0.1, 0.15) is 0 Å². The molecule has 13 heavy (non-hydrogen) atoms. The van der Waals surface area contributed by atoms with E-state index in [9.17, 15) is 4.79 Å². The van der Waals surface area contributed by atoms with Gasteiger partial charge in [-0.25, -0.2) is 4.79 Å². The van der Waals surface area contributed by atoms with Crippen LogP contribution in [-0.2, 0) is 4.74 Å². The lowest BCUT2D eigenvalue weighted by Crippen LogP contribution is -2.20. The zero-order chi connectivity index (χ0) is 9.90. The highest BCUT2D eigenvalue weighted by Gasteiger charge is 2.19. The smallest absolute Gasteiger partial charge is 0.341 e. The minimum atomic E-state index is -0.639. The second-order valence-electron chi connectivity index (χ2n) is 2.99. The van der Waals surface area contributed by atoms with Crippen molar-refractivity contribution in [1.82, 2.24) is 4.98 Å². The van der Waals surface area contributed by atoms with Crippen LogP contribution in [0.1, 0.15) is 24.2 Å². The molecule has 0 amide bonds. The summed E-state index contributed by atoms with van der Waals surface area (Å²) in [5.74, 6) is -0.380. The standard InChI is InChI=1S/C9H10BrNO2/c1-9(2,10)13-8(12)7-4-3-5-11-6-7/h3-6H,1-2H3. The Morgan fingerprint density at radius 2 is 2.31 bits per heavy atom. The molecule has 3 nitrogen and oxygen atoms in total. The monoisotopic (exact) mass is 243 g/mol. The van der Waals surface area contributed by atoms with Crippen LogP contribution in [0.3, 0.4) is 0 Å². The van der Waals surface area contributed by atoms with Crippen molar-refractivity contribution >= 4 is 21.9 Å². The first-order valence-electron chi connectivity index (χ1n) is 3.81. The summed E-state index contributed by atoms with van der Waals surface area (Å²) >= 11 is 3.21. The molecule has 0 unspecified atom stereocenters. The first-order chi connectivity index (χ1) is 5.99. The number of hydrogen-bond acceptors (Lipinski definition) is 3. The van der Waals surface area contributed by atoms with Crippen molar-refractivity contribution in [2.75, 3.05) is 0 Å². The molecule has 0 saturated heterocycles. The molecule has 0 N–H and O–H groups in total. The second kappa shape index (κ2) is 3.87. The number of rotatable bonds is 2. The summed E-state index contributed by atoms with van der Waals surface area (Å²) in [7, 11) is 0. The van der Waals surface area contributed by atoms with Crippen molar-refractivity contribution in [3.63, 3.8) is 0 Å². The maximum atomic E-state index is 11.4. The third-order valence-electron chi connectivity index (χ3n) is 1.23. The predicted octanol–water partition coefficient (Wildman–Crippen LogP) is 2.37. The van der Waals surface area contributed by atoms with Crippen LogP contribution in [0.2, 0.25) is 0 Å². The van der Waals surface area contributed by atoms with Crippen molar-refractivity contribution in [3.05, 3.63) is 30.1 Å². The molecule has 1 aromatic rings. The van der Waals surface area contributed by atoms with E-state index >= 15 is 0 Å². The van der Waals surface area contributed by atoms with Crippen molar-refractivity contribution < 1.29 is 9.53 Å². The fourth-order valence-electron chi connectivity index (χ4n) is 0.763. The molecule has 0 bridgehead atoms. The Balaban J connectivity index is 2.71. The molecule has 4 heteroatoms. The molecule has 0 aliphatic carbocycles. The third kappa shape index (κ3) is 3.55. The molecular formula is C9H10BrNO2. The van der Waals surface area contributed by atoms with Gasteiger partial charge >= 0.3 is 5.97 Å². The van der Waals surface area contributed by atoms with E-state index in [2.05, 4.69) is 20.9 Å². The molecule has 0 spiro atoms. The summed E-state index contributed by atoms with van der Waals surface area (Å²) < 4.78 is 4.42. The maximum absolute atomic E-state index is 11.4. The van der Waals surface area contributed by atoms with Crippen LogP contribution >= 0.6 is 15.9 Å². The number of alkyl halides is 1. The van der Waals surface area contributed by atoms with E-state index in [1.165, 1.54) is 6.20 Å². The lowest BCUT2D eigenvalue weighted by Gasteiger charge is -2.16. The van der Waals surface area contributed by atoms with Gasteiger partial charge in [-0.1, -0.05) is 0 Å². The molecule has 1 rings (SSSR count). The molecular weight excluding hydrogens is 234 g/mol. The normalized spacial score (nSPS) is 11.0. The Morgan fingerprint density at radius 1 is 1.62 bits per heavy atom. The lowest BCUT2D eigenvalue weighted by atomic mass is 10.3. The van der Waals surface area contributed by atoms with E-state index in [1.54, 1.807) is 32.2 Å². The van der Waals surface area contributed by atoms with Gasteiger partial charge in [0.25, 0.3) is 0 Å². The van der Waals surface area contributed by atoms with E-state index in [0.29, 0.717) is 5.56 Å². The molecule has 0 atom stereocenters. The average Bonchev–Trinajstić information content (AvgIpc) is 2.03. The number of nitrogens with zero attached hydrogens (tertiary/aromatic N) is 1. The van der Waals surface area contributed by atoms with Crippen LogP contribution in [0.25, 0.3) is 0 Å². The van der Waals surface area contributed by atoms with Crippen molar-refractivity contribution in [2.24, 2.45) is 0 Å². The van der Waals surface area contributed by atoms with E-state index in [1.807, 2.05) is 0 Å². The molecule has 70 valence electrons. The van der Waals surface area contributed by atoms with Crippen molar-refractivity contribution in [2.45, 2.75) is 18.4 Å². The number of esters is 1. The van der Waals surface area contributed by atoms with Gasteiger partial charge in [-0.3, -0.25) is 4.98 Å². The second-order valence-corrected chi connectivity index (χ2v) is 4.90. The van der Waals surface area contributed by atoms with Crippen LogP contribution in [-0.4, -0.2) is 15.5 Å². The number of pyridine rings is 1. The Hall–Kier alpha value is -0.900. The summed E-state index contributed by atoms with van der Waals surface area (Å²) in [5, 5.41) is 0. The highest BCUT2D eigenvalue weighted by molar-refractivity contribution is 9.10. The van der Waals surface area contributed by atoms with Crippen LogP contribution < -0.4 is 0 Å². The third-order valence-corrected chi connectivity index (χ3v) is 1.39. The van der Waals surface area contributed by atoms with E-state index in [0.717, 1.165) is 0 Å². The van der Waals surface area contributed by atoms with Crippen LogP contribution in [0.5, 0.6) is 0 Å². The Kier molecular flexibility index (Phi) is 3.03. The minimum Gasteiger partial charge on any atom is -0.444 e. The maximum Gasteiger partial charge on any atom is 0.341 e. The van der Waals surface area contributed by atoms with E-state index in [4.69, 9.17) is 4.74 Å². The molecule has 0 fully saturated rings. The van der Waals surface area contributed by atoms with Gasteiger partial charge in [0, 0.05) is 12.4 Å². The summed E-state index contributed by atoms with van der Waals surface area (Å²) in [5.41, 5.74) is 0.454. The lowest BCUT2D eigenvalue weighted by molar-refractivity contribution is 0.0315. The van der Waals surface area contributed by atoms with Crippen LogP contribution in [0.4, 0.5) is 0 Å². The summed E-state index contributed by atoms with van der Waals surface area (Å²) in [6.45, 7) is 3.50. The molecule has 0 saturated carbocycles. The fraction of sp³-hybridized carbons (Fsp3) is 0.333. The number of halogens is 1. The number of aromatic nitrogens is 1. The predicted molar refractivity (Wildman–Crippen MR) is 52.7 cm³/mol. The molecule has 1 aromatic heterocycles. The molecule has 0 aromatic carbocycles. The zero-order valence-electron chi connectivity index (χ0n) is 7.45. The molecule has 0 aliphatic rings. The Morgan fingerprint density at radius 3 is 2.77 bits per heavy atom. The Bertz CT molecular complexity index is 292. The van der Waals surface area contributed by atoms with Gasteiger partial charge in [-0.15, -0.1) is 0 Å². The average molecular weight is 244 g/mol. The van der Waals surface area contributed by atoms with Crippen molar-refractivity contribution in [3.8, 4) is 0 Å². The van der Waals surface area contributed by atoms with Crippen molar-refractivity contribution in [1.29, 1.82) is 0 Å². The van der Waals surface area contributed by atoms with Crippen LogP contribution in [0, 0.1) is 0 Å². The highest BCUT2D eigenvalue weighted by atomic mass is 79.9. The van der Waals surface area contributed by atoms with Gasteiger partial charge < -0.3 is 4.74 Å². The quantitative estimate of drug-likeness (QED) is 0.592. The molecule has 0 aliphatic heterocycles. The topological polar surface area (TPSA) is 39.2 Å². The van der Waals surface area contributed by atoms with Gasteiger partial charge in [0.05, 0.1) is 5.56 Å². The van der Waals surface area contributed by atoms with Gasteiger partial charge in [-0.2, -0.15) is 0 Å². The number of carbonyl (C=O) groups is 1. The molecule has 0 radical (unpaired) electrons. The van der Waals surface area contributed by atoms with E-state index < -0.39 is 4.51 Å². The van der Waals surface area contributed by atoms with Gasteiger partial charge in [0.15, 0.2) is 4.51 Å². The largest absolute Gasteiger partial charge is 0.444 e. The van der Waals surface area contributed by atoms with Gasteiger partial charge in [0.2, 0.25) is 0 Å². The summed E-state index contributed by atoms with van der Waals surface area (Å²) in [6, 6.07) is 3.35. The highest BCUT2D eigenvalue weighted by Crippen LogP contribution is 2.19. The van der Waals surface area contributed by atoms with E-state index in [-0.39, 0.29) is 5.97 Å². The zero-order valence-corrected chi connectivity index (χ0v) is 9.04. The first-order valence-corrected chi connectivity index (χ1v) is 4.60. The van der Waals surface area contributed by atoms with Gasteiger partial charge in [-0.05, 0) is 41.9 Å². The molecule has 1 heterocycles. The number of ether oxygens (including phenoxy) is 1. The SMILES string of the molecule is CC(C)(Br)OC(=O)c1cccnc1. The summed E-state index contributed by atoms with van der Waals surface area (Å²) in [6.07, 6.45) is 3.08. The summed E-state index contributed by atoms with van der Waals surface area (Å²) in [4.78, 5) is 15.2. The minimum absolute atomic E-state index is 0.380.